The summed E-state index contributed by atoms with van der Waals surface area (Å²) in [5, 5.41) is 8.13. The highest BCUT2D eigenvalue weighted by molar-refractivity contribution is 5.85. The summed E-state index contributed by atoms with van der Waals surface area (Å²) >= 11 is 0. The van der Waals surface area contributed by atoms with Crippen molar-refractivity contribution >= 4 is 5.97 Å². The molecule has 1 N–H and O–H groups in total. The van der Waals surface area contributed by atoms with Crippen LogP contribution >= 0.6 is 0 Å². The minimum absolute atomic E-state index is 1.92. The van der Waals surface area contributed by atoms with Crippen molar-refractivity contribution in [2.45, 2.75) is 42.2 Å². The molecule has 0 saturated heterocycles. The van der Waals surface area contributed by atoms with Gasteiger partial charge in [0.1, 0.15) is 0 Å². The van der Waals surface area contributed by atoms with Crippen molar-refractivity contribution in [3.05, 3.63) is 12.2 Å². The highest BCUT2D eigenvalue weighted by Crippen LogP contribution is 2.60. The van der Waals surface area contributed by atoms with Gasteiger partial charge in [-0.25, -0.2) is 4.79 Å². The van der Waals surface area contributed by atoms with Gasteiger partial charge in [0.25, 0.3) is 0 Å². The molecule has 15 heteroatoms. The van der Waals surface area contributed by atoms with Crippen LogP contribution in [0.3, 0.4) is 0 Å². The fourth-order valence-corrected chi connectivity index (χ4v) is 1.26. The normalized spacial score (nSPS) is 15.2. The van der Waals surface area contributed by atoms with Gasteiger partial charge in [0.2, 0.25) is 0 Å². The first-order valence-corrected chi connectivity index (χ1v) is 5.45. The fraction of sp³-hybridized carbons (Fsp3) is 0.700. The van der Waals surface area contributed by atoms with E-state index in [4.69, 9.17) is 5.11 Å². The van der Waals surface area contributed by atoms with E-state index < -0.39 is 53.8 Å². The van der Waals surface area contributed by atoms with Crippen LogP contribution in [0.5, 0.6) is 0 Å². The first-order chi connectivity index (χ1) is 10.6. The highest BCUT2D eigenvalue weighted by Gasteiger charge is 2.90. The van der Waals surface area contributed by atoms with Crippen LogP contribution in [0.15, 0.2) is 12.2 Å². The summed E-state index contributed by atoms with van der Waals surface area (Å²) in [5.41, 5.74) is -1.92. The molecule has 0 aliphatic carbocycles. The number of carboxylic acid groups (broad SMARTS) is 1. The molecule has 0 aliphatic heterocycles. The van der Waals surface area contributed by atoms with Crippen molar-refractivity contribution in [2.24, 2.45) is 0 Å². The van der Waals surface area contributed by atoms with E-state index >= 15 is 0 Å². The molecule has 0 rings (SSSR count). The molecule has 0 aliphatic rings. The minimum Gasteiger partial charge on any atom is -0.478 e. The molecule has 0 aromatic heterocycles. The number of alkyl halides is 13. The quantitative estimate of drug-likeness (QED) is 0.491. The summed E-state index contributed by atoms with van der Waals surface area (Å²) in [7, 11) is 0. The van der Waals surface area contributed by atoms with Gasteiger partial charge >= 0.3 is 41.8 Å². The standard InChI is InChI=1S/C10H5F13O2/c1-3(4(24)25)2-5(11,12)6(13,14)7(15,16)8(17,18)9(19,20)10(21,22)23/h1-2H2,(H,24,25). The van der Waals surface area contributed by atoms with E-state index in [1.165, 1.54) is 0 Å². The molecule has 25 heavy (non-hydrogen) atoms. The fourth-order valence-electron chi connectivity index (χ4n) is 1.26. The van der Waals surface area contributed by atoms with Crippen LogP contribution in [0.2, 0.25) is 0 Å². The van der Waals surface area contributed by atoms with E-state index in [1.54, 1.807) is 0 Å². The molecule has 2 nitrogen and oxygen atoms in total. The van der Waals surface area contributed by atoms with Crippen LogP contribution in [0.25, 0.3) is 0 Å². The second-order valence-electron chi connectivity index (χ2n) is 4.59. The molecule has 0 radical (unpaired) electrons. The second-order valence-corrected chi connectivity index (χ2v) is 4.59. The summed E-state index contributed by atoms with van der Waals surface area (Å²) in [6.45, 7) is 2.21. The zero-order chi connectivity index (χ0) is 20.9. The Kier molecular flexibility index (Phi) is 5.53. The molecule has 0 atom stereocenters. The predicted molar refractivity (Wildman–Crippen MR) is 52.2 cm³/mol. The third kappa shape index (κ3) is 3.36. The Hall–Kier alpha value is -1.70. The third-order valence-corrected chi connectivity index (χ3v) is 2.74. The number of carbonyl (C=O) groups is 1. The molecule has 0 fully saturated rings. The lowest BCUT2D eigenvalue weighted by Gasteiger charge is -2.39. The lowest BCUT2D eigenvalue weighted by Crippen LogP contribution is -2.70. The molecule has 0 spiro atoms. The van der Waals surface area contributed by atoms with Crippen LogP contribution in [-0.4, -0.2) is 46.9 Å². The zero-order valence-electron chi connectivity index (χ0n) is 11.2. The van der Waals surface area contributed by atoms with Gasteiger partial charge in [-0.05, 0) is 0 Å². The van der Waals surface area contributed by atoms with Gasteiger partial charge in [0.15, 0.2) is 0 Å². The highest BCUT2D eigenvalue weighted by atomic mass is 19.4. The molecule has 0 aromatic rings. The Morgan fingerprint density at radius 1 is 0.680 bits per heavy atom. The van der Waals surface area contributed by atoms with Gasteiger partial charge in [-0.3, -0.25) is 0 Å². The van der Waals surface area contributed by atoms with E-state index in [-0.39, 0.29) is 0 Å². The van der Waals surface area contributed by atoms with E-state index in [0.717, 1.165) is 0 Å². The lowest BCUT2D eigenvalue weighted by molar-refractivity contribution is -0.439. The van der Waals surface area contributed by atoms with Gasteiger partial charge in [-0.2, -0.15) is 57.1 Å². The van der Waals surface area contributed by atoms with Crippen molar-refractivity contribution in [1.29, 1.82) is 0 Å². The minimum atomic E-state index is -8.00. The number of aliphatic carboxylic acids is 1. The third-order valence-electron chi connectivity index (χ3n) is 2.74. The topological polar surface area (TPSA) is 37.3 Å². The molecule has 0 heterocycles. The monoisotopic (exact) mass is 404 g/mol. The molecule has 0 amide bonds. The van der Waals surface area contributed by atoms with Gasteiger partial charge < -0.3 is 5.11 Å². The average molecular weight is 404 g/mol. The van der Waals surface area contributed by atoms with Crippen LogP contribution in [0, 0.1) is 0 Å². The zero-order valence-corrected chi connectivity index (χ0v) is 11.2. The van der Waals surface area contributed by atoms with Crippen LogP contribution < -0.4 is 0 Å². The first kappa shape index (κ1) is 23.3. The predicted octanol–water partition coefficient (Wildman–Crippen LogP) is 4.76. The summed E-state index contributed by atoms with van der Waals surface area (Å²) in [5.74, 6) is -40.2. The summed E-state index contributed by atoms with van der Waals surface area (Å²) in [6, 6.07) is 0. The van der Waals surface area contributed by atoms with E-state index in [0.29, 0.717) is 0 Å². The Labute approximate surface area is 128 Å². The average Bonchev–Trinajstić information content (AvgIpc) is 2.35. The van der Waals surface area contributed by atoms with Crippen molar-refractivity contribution < 1.29 is 67.0 Å². The summed E-state index contributed by atoms with van der Waals surface area (Å²) in [4.78, 5) is 10.2. The first-order valence-electron chi connectivity index (χ1n) is 5.45. The van der Waals surface area contributed by atoms with Gasteiger partial charge in [0, 0.05) is 12.0 Å². The number of hydrogen-bond acceptors (Lipinski definition) is 1. The Morgan fingerprint density at radius 3 is 1.28 bits per heavy atom. The Morgan fingerprint density at radius 2 is 1.00 bits per heavy atom. The molecular weight excluding hydrogens is 399 g/mol. The second kappa shape index (κ2) is 5.93. The molecular formula is C10H5F13O2. The number of carboxylic acids is 1. The summed E-state index contributed by atoms with van der Waals surface area (Å²) < 4.78 is 164. The Balaban J connectivity index is 6.20. The maximum Gasteiger partial charge on any atom is 0.460 e. The lowest BCUT2D eigenvalue weighted by atomic mass is 9.91. The van der Waals surface area contributed by atoms with Crippen molar-refractivity contribution in [2.75, 3.05) is 0 Å². The number of rotatable bonds is 7. The van der Waals surface area contributed by atoms with E-state index in [9.17, 15) is 61.9 Å². The van der Waals surface area contributed by atoms with E-state index in [2.05, 4.69) is 6.58 Å². The van der Waals surface area contributed by atoms with Gasteiger partial charge in [-0.15, -0.1) is 0 Å². The van der Waals surface area contributed by atoms with Gasteiger partial charge in [0.05, 0.1) is 0 Å². The van der Waals surface area contributed by atoms with E-state index in [1.807, 2.05) is 0 Å². The molecule has 0 unspecified atom stereocenters. The van der Waals surface area contributed by atoms with Crippen LogP contribution in [-0.2, 0) is 4.79 Å². The molecule has 0 bridgehead atoms. The van der Waals surface area contributed by atoms with Crippen LogP contribution in [0.1, 0.15) is 6.42 Å². The Bertz CT molecular complexity index is 546. The SMILES string of the molecule is C=C(CC(F)(F)C(F)(F)C(F)(F)C(F)(F)C(F)(F)C(F)(F)F)C(=O)O. The molecule has 0 saturated carbocycles. The maximum atomic E-state index is 13.1. The summed E-state index contributed by atoms with van der Waals surface area (Å²) in [6.07, 6.45) is -10.4. The van der Waals surface area contributed by atoms with Crippen molar-refractivity contribution in [1.82, 2.24) is 0 Å². The van der Waals surface area contributed by atoms with Crippen molar-refractivity contribution in [3.8, 4) is 0 Å². The maximum absolute atomic E-state index is 13.1. The van der Waals surface area contributed by atoms with Crippen molar-refractivity contribution in [3.63, 3.8) is 0 Å². The van der Waals surface area contributed by atoms with Gasteiger partial charge in [-0.1, -0.05) is 6.58 Å². The largest absolute Gasteiger partial charge is 0.478 e. The molecule has 148 valence electrons. The number of hydrogen-bond donors (Lipinski definition) is 1. The number of halogens is 13. The smallest absolute Gasteiger partial charge is 0.460 e. The van der Waals surface area contributed by atoms with Crippen LogP contribution in [0.4, 0.5) is 57.1 Å². The molecule has 0 aromatic carbocycles.